The summed E-state index contributed by atoms with van der Waals surface area (Å²) in [7, 11) is 0. The molecule has 1 rings (SSSR count). The fourth-order valence-electron chi connectivity index (χ4n) is 0.481. The second-order valence-electron chi connectivity index (χ2n) is 1.40. The third-order valence-corrected chi connectivity index (χ3v) is 1.33. The van der Waals surface area contributed by atoms with E-state index in [1.54, 1.807) is 0 Å². The molecule has 1 aromatic carbocycles. The number of rotatable bonds is 1. The van der Waals surface area contributed by atoms with Crippen molar-refractivity contribution >= 4 is 12.0 Å². The zero-order chi connectivity index (χ0) is 7.82. The fourth-order valence-corrected chi connectivity index (χ4v) is 0.760. The molecule has 12 heavy (non-hydrogen) atoms. The average molecular weight is 192 g/mol. The predicted molar refractivity (Wildman–Crippen MR) is 53.5 cm³/mol. The van der Waals surface area contributed by atoms with Gasteiger partial charge in [0, 0.05) is 16.9 Å². The summed E-state index contributed by atoms with van der Waals surface area (Å²) in [4.78, 5) is 0.882. The third kappa shape index (κ3) is 7.56. The maximum Gasteiger partial charge on any atom is 0.0350 e. The summed E-state index contributed by atoms with van der Waals surface area (Å²) in [6.07, 6.45) is 0. The van der Waals surface area contributed by atoms with Crippen LogP contribution in [0.25, 0.3) is 0 Å². The first-order valence-corrected chi connectivity index (χ1v) is 4.07. The molecule has 0 aliphatic rings. The topological polar surface area (TPSA) is 83.2 Å². The van der Waals surface area contributed by atoms with E-state index in [1.165, 1.54) is 0 Å². The zero-order valence-electron chi connectivity index (χ0n) is 7.24. The van der Waals surface area contributed by atoms with Gasteiger partial charge in [-0.05, 0) is 12.1 Å². The van der Waals surface area contributed by atoms with Crippen LogP contribution in [0.2, 0.25) is 0 Å². The van der Waals surface area contributed by atoms with Crippen molar-refractivity contribution in [1.82, 2.24) is 0 Å². The Bertz CT molecular complexity index is 156. The van der Waals surface area contributed by atoms with E-state index in [0.29, 0.717) is 0 Å². The fraction of sp³-hybridized carbons (Fsp3) is 0.250. The van der Waals surface area contributed by atoms with E-state index < -0.39 is 0 Å². The van der Waals surface area contributed by atoms with Gasteiger partial charge in [0.2, 0.25) is 0 Å². The molecule has 0 spiro atoms. The highest BCUT2D eigenvalue weighted by atomic mass is 32.2. The van der Waals surface area contributed by atoms with Gasteiger partial charge in [-0.25, -0.2) is 0 Å². The molecule has 0 amide bonds. The molecule has 0 radical (unpaired) electrons. The molecule has 0 aliphatic carbocycles. The van der Waals surface area contributed by atoms with Crippen LogP contribution in [0.3, 0.4) is 0 Å². The van der Waals surface area contributed by atoms with Crippen molar-refractivity contribution in [3.05, 3.63) is 30.3 Å². The highest BCUT2D eigenvalue weighted by Crippen LogP contribution is 2.10. The van der Waals surface area contributed by atoms with Crippen molar-refractivity contribution in [2.45, 2.75) is 18.7 Å². The summed E-state index contributed by atoms with van der Waals surface area (Å²) in [6, 6.07) is 9.40. The number of hydrogen-bond acceptors (Lipinski definition) is 2. The summed E-state index contributed by atoms with van der Waals surface area (Å²) in [5.74, 6) is 0. The molecule has 3 nitrogen and oxygen atoms in total. The van der Waals surface area contributed by atoms with Gasteiger partial charge in [-0.2, -0.15) is 0 Å². The first kappa shape index (κ1) is 17.5. The first-order valence-electron chi connectivity index (χ1n) is 3.30. The van der Waals surface area contributed by atoms with Crippen molar-refractivity contribution in [3.8, 4) is 0 Å². The van der Waals surface area contributed by atoms with E-state index >= 15 is 0 Å². The second-order valence-corrected chi connectivity index (χ2v) is 2.06. The number of benzene rings is 1. The summed E-state index contributed by atoms with van der Waals surface area (Å²) >= 11 is 0.769. The van der Waals surface area contributed by atoms with Gasteiger partial charge < -0.3 is 15.5 Å². The lowest BCUT2D eigenvalue weighted by Gasteiger charge is -1.87. The molecule has 0 saturated heterocycles. The molecule has 0 fully saturated rings. The zero-order valence-corrected chi connectivity index (χ0v) is 8.06. The smallest absolute Gasteiger partial charge is 0.0350 e. The Kier molecular flexibility index (Phi) is 19.1. The lowest BCUT2D eigenvalue weighted by Crippen LogP contribution is -1.63. The van der Waals surface area contributed by atoms with Crippen molar-refractivity contribution in [2.24, 2.45) is 0 Å². The van der Waals surface area contributed by atoms with E-state index in [-0.39, 0.29) is 11.0 Å². The van der Waals surface area contributed by atoms with Crippen LogP contribution in [0.5, 0.6) is 0 Å². The Balaban J connectivity index is -0.000000189. The molecular weight excluding hydrogens is 176 g/mol. The molecule has 4 heteroatoms. The normalized spacial score (nSPS) is 6.58. The van der Waals surface area contributed by atoms with E-state index in [0.717, 1.165) is 16.9 Å². The summed E-state index contributed by atoms with van der Waals surface area (Å²) in [6.45, 7) is 4.00. The molecule has 0 bridgehead atoms. The molecule has 0 heterocycles. The Labute approximate surface area is 77.3 Å². The molecule has 72 valence electrons. The summed E-state index contributed by atoms with van der Waals surface area (Å²) in [5, 5.41) is 0. The Morgan fingerprint density at radius 2 is 1.42 bits per heavy atom. The molecule has 5 N–H and O–H groups in total. The third-order valence-electron chi connectivity index (χ3n) is 0.849. The maximum atomic E-state index is 8.45. The minimum absolute atomic E-state index is 0. The summed E-state index contributed by atoms with van der Waals surface area (Å²) in [5.41, 5.74) is 0. The Morgan fingerprint density at radius 1 is 1.00 bits per heavy atom. The lowest BCUT2D eigenvalue weighted by molar-refractivity contribution is 0.664. The van der Waals surface area contributed by atoms with E-state index in [9.17, 15) is 0 Å². The van der Waals surface area contributed by atoms with Crippen LogP contribution in [0.4, 0.5) is 0 Å². The Hall–Kier alpha value is -0.550. The van der Waals surface area contributed by atoms with Crippen molar-refractivity contribution in [2.75, 3.05) is 0 Å². The minimum Gasteiger partial charge on any atom is -0.412 e. The van der Waals surface area contributed by atoms with Gasteiger partial charge in [-0.3, -0.25) is 0 Å². The van der Waals surface area contributed by atoms with Gasteiger partial charge in [-0.1, -0.05) is 32.0 Å². The van der Waals surface area contributed by atoms with Crippen LogP contribution < -0.4 is 0 Å². The van der Waals surface area contributed by atoms with Gasteiger partial charge in [0.25, 0.3) is 0 Å². The number of hydrogen-bond donors (Lipinski definition) is 1. The van der Waals surface area contributed by atoms with E-state index in [2.05, 4.69) is 0 Å². The highest BCUT2D eigenvalue weighted by molar-refractivity contribution is 7.93. The average Bonchev–Trinajstić information content (AvgIpc) is 2.10. The van der Waals surface area contributed by atoms with Crippen LogP contribution >= 0.6 is 12.0 Å². The van der Waals surface area contributed by atoms with Crippen LogP contribution in [0.1, 0.15) is 13.8 Å². The molecule has 0 saturated carbocycles. The van der Waals surface area contributed by atoms with Gasteiger partial charge in [-0.15, -0.1) is 0 Å². The van der Waals surface area contributed by atoms with Gasteiger partial charge in [0.05, 0.1) is 0 Å². The molecule has 0 atom stereocenters. The monoisotopic (exact) mass is 192 g/mol. The summed E-state index contributed by atoms with van der Waals surface area (Å²) < 4.78 is 8.45. The van der Waals surface area contributed by atoms with Crippen LogP contribution in [-0.4, -0.2) is 15.5 Å². The quantitative estimate of drug-likeness (QED) is 0.686. The van der Waals surface area contributed by atoms with Gasteiger partial charge in [0.15, 0.2) is 0 Å². The van der Waals surface area contributed by atoms with Crippen LogP contribution in [0.15, 0.2) is 35.2 Å². The van der Waals surface area contributed by atoms with Crippen molar-refractivity contribution in [3.63, 3.8) is 0 Å². The molecular formula is C8H16O3S. The molecule has 0 unspecified atom stereocenters. The van der Waals surface area contributed by atoms with Crippen LogP contribution in [0, 0.1) is 0 Å². The molecule has 0 aliphatic heterocycles. The minimum atomic E-state index is 0. The Morgan fingerprint density at radius 3 is 1.67 bits per heavy atom. The molecule has 1 aromatic rings. The predicted octanol–water partition coefficient (Wildman–Crippen LogP) is 1.63. The standard InChI is InChI=1S/C6H6OS.C2H6.2H2O/c7-8-6-4-2-1-3-5-6;1-2;;/h1-5,7H;1-2H3;2*1H2. The lowest BCUT2D eigenvalue weighted by atomic mass is 10.4. The first-order chi connectivity index (χ1) is 4.93. The van der Waals surface area contributed by atoms with E-state index in [4.69, 9.17) is 4.55 Å². The second kappa shape index (κ2) is 13.1. The van der Waals surface area contributed by atoms with Gasteiger partial charge in [0.1, 0.15) is 0 Å². The largest absolute Gasteiger partial charge is 0.412 e. The van der Waals surface area contributed by atoms with E-state index in [1.807, 2.05) is 44.2 Å². The van der Waals surface area contributed by atoms with Crippen LogP contribution in [-0.2, 0) is 0 Å². The maximum absolute atomic E-state index is 8.45. The van der Waals surface area contributed by atoms with Crippen molar-refractivity contribution < 1.29 is 15.5 Å². The SMILES string of the molecule is CC.O.O.OSc1ccccc1. The highest BCUT2D eigenvalue weighted by Gasteiger charge is 1.82. The van der Waals surface area contributed by atoms with Gasteiger partial charge >= 0.3 is 0 Å². The van der Waals surface area contributed by atoms with Crippen molar-refractivity contribution in [1.29, 1.82) is 0 Å². The molecule has 0 aromatic heterocycles.